The van der Waals surface area contributed by atoms with Crippen molar-refractivity contribution in [3.8, 4) is 0 Å². The van der Waals surface area contributed by atoms with Crippen LogP contribution in [0, 0.1) is 5.41 Å². The Hall–Kier alpha value is -0.770. The lowest BCUT2D eigenvalue weighted by molar-refractivity contribution is 0.0310. The van der Waals surface area contributed by atoms with E-state index in [1.165, 1.54) is 25.7 Å². The van der Waals surface area contributed by atoms with Crippen molar-refractivity contribution in [3.05, 3.63) is 0 Å². The van der Waals surface area contributed by atoms with Crippen molar-refractivity contribution in [2.45, 2.75) is 59.0 Å². The van der Waals surface area contributed by atoms with Crippen LogP contribution in [0.15, 0.2) is 4.99 Å². The monoisotopic (exact) mass is 269 g/mol. The molecule has 0 atom stereocenters. The van der Waals surface area contributed by atoms with Crippen LogP contribution in [-0.4, -0.2) is 38.3 Å². The van der Waals surface area contributed by atoms with Gasteiger partial charge in [-0.1, -0.05) is 19.8 Å². The maximum Gasteiger partial charge on any atom is 0.191 e. The number of methoxy groups -OCH3 is 1. The van der Waals surface area contributed by atoms with Crippen LogP contribution >= 0.6 is 0 Å². The van der Waals surface area contributed by atoms with Crippen molar-refractivity contribution in [3.63, 3.8) is 0 Å². The van der Waals surface area contributed by atoms with Gasteiger partial charge in [-0.15, -0.1) is 0 Å². The molecule has 1 aliphatic carbocycles. The molecule has 0 unspecified atom stereocenters. The van der Waals surface area contributed by atoms with E-state index in [1.807, 2.05) is 0 Å². The minimum Gasteiger partial charge on any atom is -0.377 e. The Morgan fingerprint density at radius 2 is 1.89 bits per heavy atom. The van der Waals surface area contributed by atoms with Gasteiger partial charge >= 0.3 is 0 Å². The largest absolute Gasteiger partial charge is 0.377 e. The molecule has 0 bridgehead atoms. The van der Waals surface area contributed by atoms with Gasteiger partial charge in [0.25, 0.3) is 0 Å². The minimum atomic E-state index is -0.209. The van der Waals surface area contributed by atoms with E-state index in [9.17, 15) is 0 Å². The summed E-state index contributed by atoms with van der Waals surface area (Å²) in [5.74, 6) is 0.903. The Morgan fingerprint density at radius 1 is 1.26 bits per heavy atom. The molecular weight excluding hydrogens is 238 g/mol. The van der Waals surface area contributed by atoms with Crippen molar-refractivity contribution < 1.29 is 4.74 Å². The lowest BCUT2D eigenvalue weighted by Crippen LogP contribution is -2.43. The fourth-order valence-electron chi connectivity index (χ4n) is 2.38. The number of guanidine groups is 1. The maximum atomic E-state index is 5.40. The van der Waals surface area contributed by atoms with Crippen molar-refractivity contribution >= 4 is 5.96 Å². The average molecular weight is 269 g/mol. The summed E-state index contributed by atoms with van der Waals surface area (Å²) in [5.41, 5.74) is 0.229. The van der Waals surface area contributed by atoms with Crippen LogP contribution in [0.3, 0.4) is 0 Å². The first-order chi connectivity index (χ1) is 8.91. The molecule has 1 rings (SSSR count). The van der Waals surface area contributed by atoms with Gasteiger partial charge in [0.05, 0.1) is 12.1 Å². The number of hydrogen-bond donors (Lipinski definition) is 2. The zero-order chi connectivity index (χ0) is 14.4. The summed E-state index contributed by atoms with van der Waals surface area (Å²) in [6.07, 6.45) is 5.37. The standard InChI is InChI=1S/C15H31N3O/c1-6-16-13(17-11-14(2,3)19-5)18-12-15(4)9-7-8-10-15/h6-12H2,1-5H3,(H2,16,17,18). The fraction of sp³-hybridized carbons (Fsp3) is 0.933. The summed E-state index contributed by atoms with van der Waals surface area (Å²) in [6.45, 7) is 11.1. The first-order valence-corrected chi connectivity index (χ1v) is 7.48. The van der Waals surface area contributed by atoms with Crippen molar-refractivity contribution in [1.29, 1.82) is 0 Å². The molecule has 0 radical (unpaired) electrons. The number of hydrogen-bond acceptors (Lipinski definition) is 2. The van der Waals surface area contributed by atoms with Gasteiger partial charge in [0.15, 0.2) is 5.96 Å². The van der Waals surface area contributed by atoms with Gasteiger partial charge in [-0.25, -0.2) is 0 Å². The van der Waals surface area contributed by atoms with Gasteiger partial charge in [0.1, 0.15) is 0 Å². The molecule has 0 aromatic rings. The molecule has 2 N–H and O–H groups in total. The van der Waals surface area contributed by atoms with Crippen LogP contribution in [-0.2, 0) is 4.74 Å². The van der Waals surface area contributed by atoms with Crippen LogP contribution < -0.4 is 10.6 Å². The van der Waals surface area contributed by atoms with Crippen molar-refractivity contribution in [2.24, 2.45) is 10.4 Å². The van der Waals surface area contributed by atoms with Crippen LogP contribution in [0.2, 0.25) is 0 Å². The molecule has 1 saturated carbocycles. The highest BCUT2D eigenvalue weighted by molar-refractivity contribution is 5.79. The van der Waals surface area contributed by atoms with Crippen LogP contribution in [0.1, 0.15) is 53.4 Å². The van der Waals surface area contributed by atoms with Gasteiger partial charge < -0.3 is 15.4 Å². The predicted molar refractivity (Wildman–Crippen MR) is 81.6 cm³/mol. The zero-order valence-electron chi connectivity index (χ0n) is 13.3. The fourth-order valence-corrected chi connectivity index (χ4v) is 2.38. The summed E-state index contributed by atoms with van der Waals surface area (Å²) in [5, 5.41) is 6.79. The maximum absolute atomic E-state index is 5.40. The Bertz CT molecular complexity index is 294. The highest BCUT2D eigenvalue weighted by Gasteiger charge is 2.28. The van der Waals surface area contributed by atoms with Crippen LogP contribution in [0.25, 0.3) is 0 Å². The topological polar surface area (TPSA) is 45.7 Å². The Labute approximate surface area is 118 Å². The second kappa shape index (κ2) is 7.13. The summed E-state index contributed by atoms with van der Waals surface area (Å²) < 4.78 is 5.40. The molecule has 19 heavy (non-hydrogen) atoms. The number of rotatable bonds is 6. The molecule has 0 heterocycles. The van der Waals surface area contributed by atoms with E-state index in [-0.39, 0.29) is 5.60 Å². The van der Waals surface area contributed by atoms with E-state index in [1.54, 1.807) is 7.11 Å². The summed E-state index contributed by atoms with van der Waals surface area (Å²) >= 11 is 0. The van der Waals surface area contributed by atoms with Gasteiger partial charge in [0, 0.05) is 20.2 Å². The molecule has 0 saturated heterocycles. The van der Waals surface area contributed by atoms with Gasteiger partial charge in [-0.3, -0.25) is 4.99 Å². The Kier molecular flexibility index (Phi) is 6.11. The Balaban J connectivity index is 2.49. The second-order valence-corrected chi connectivity index (χ2v) is 6.53. The van der Waals surface area contributed by atoms with E-state index in [4.69, 9.17) is 4.74 Å². The quantitative estimate of drug-likeness (QED) is 0.575. The molecule has 0 amide bonds. The number of nitrogens with one attached hydrogen (secondary N) is 2. The third kappa shape index (κ3) is 5.81. The molecule has 1 aliphatic rings. The number of ether oxygens (including phenoxy) is 1. The van der Waals surface area contributed by atoms with Crippen LogP contribution in [0.5, 0.6) is 0 Å². The first-order valence-electron chi connectivity index (χ1n) is 7.48. The molecule has 0 aliphatic heterocycles. The third-order valence-electron chi connectivity index (χ3n) is 4.01. The molecule has 4 heteroatoms. The predicted octanol–water partition coefficient (Wildman–Crippen LogP) is 2.55. The molecule has 0 aromatic carbocycles. The highest BCUT2D eigenvalue weighted by atomic mass is 16.5. The second-order valence-electron chi connectivity index (χ2n) is 6.53. The Morgan fingerprint density at radius 3 is 2.42 bits per heavy atom. The van der Waals surface area contributed by atoms with E-state index >= 15 is 0 Å². The molecule has 0 aromatic heterocycles. The van der Waals surface area contributed by atoms with E-state index in [2.05, 4.69) is 43.3 Å². The lowest BCUT2D eigenvalue weighted by atomic mass is 9.89. The van der Waals surface area contributed by atoms with E-state index in [0.717, 1.165) is 19.0 Å². The zero-order valence-corrected chi connectivity index (χ0v) is 13.3. The molecule has 4 nitrogen and oxygen atoms in total. The molecular formula is C15H31N3O. The average Bonchev–Trinajstić information content (AvgIpc) is 2.80. The number of aliphatic imine (C=N–C) groups is 1. The van der Waals surface area contributed by atoms with E-state index in [0.29, 0.717) is 12.0 Å². The summed E-state index contributed by atoms with van der Waals surface area (Å²) in [6, 6.07) is 0. The number of nitrogens with zero attached hydrogens (tertiary/aromatic N) is 1. The minimum absolute atomic E-state index is 0.209. The molecule has 1 fully saturated rings. The summed E-state index contributed by atoms with van der Waals surface area (Å²) in [4.78, 5) is 4.62. The van der Waals surface area contributed by atoms with E-state index < -0.39 is 0 Å². The smallest absolute Gasteiger partial charge is 0.191 e. The molecule has 0 spiro atoms. The third-order valence-corrected chi connectivity index (χ3v) is 4.01. The van der Waals surface area contributed by atoms with Crippen molar-refractivity contribution in [1.82, 2.24) is 10.6 Å². The SMILES string of the molecule is CCNC(=NCC(C)(C)OC)NCC1(C)CCCC1. The summed E-state index contributed by atoms with van der Waals surface area (Å²) in [7, 11) is 1.73. The lowest BCUT2D eigenvalue weighted by Gasteiger charge is -2.26. The van der Waals surface area contributed by atoms with Crippen molar-refractivity contribution in [2.75, 3.05) is 26.7 Å². The highest BCUT2D eigenvalue weighted by Crippen LogP contribution is 2.36. The van der Waals surface area contributed by atoms with Crippen LogP contribution in [0.4, 0.5) is 0 Å². The van der Waals surface area contributed by atoms with Gasteiger partial charge in [-0.05, 0) is 39.0 Å². The van der Waals surface area contributed by atoms with Gasteiger partial charge in [-0.2, -0.15) is 0 Å². The van der Waals surface area contributed by atoms with Gasteiger partial charge in [0.2, 0.25) is 0 Å². The molecule has 112 valence electrons. The normalized spacial score (nSPS) is 19.5. The first kappa shape index (κ1) is 16.3.